The number of H-pyrrole nitrogens is 1. The number of carbonyl (C=O) groups is 1. The van der Waals surface area contributed by atoms with E-state index in [1.807, 2.05) is 18.3 Å². The third kappa shape index (κ3) is 1.71. The van der Waals surface area contributed by atoms with Crippen LogP contribution in [0.15, 0.2) is 42.9 Å². The van der Waals surface area contributed by atoms with Crippen LogP contribution in [0.4, 0.5) is 0 Å². The molecule has 0 atom stereocenters. The number of aromatic carboxylic acids is 1. The summed E-state index contributed by atoms with van der Waals surface area (Å²) in [6.07, 6.45) is 5.01. The SMILES string of the molecule is O=C(O)c1ccnc(-c2cc3cc[nH]c3cn2)c1. The molecule has 0 aliphatic heterocycles. The van der Waals surface area contributed by atoms with E-state index < -0.39 is 5.97 Å². The van der Waals surface area contributed by atoms with Gasteiger partial charge in [-0.05, 0) is 24.3 Å². The monoisotopic (exact) mass is 239 g/mol. The Kier molecular flexibility index (Phi) is 2.30. The predicted octanol–water partition coefficient (Wildman–Crippen LogP) is 2.32. The van der Waals surface area contributed by atoms with Gasteiger partial charge in [-0.2, -0.15) is 0 Å². The number of hydrogen-bond acceptors (Lipinski definition) is 3. The van der Waals surface area contributed by atoms with Gasteiger partial charge in [0, 0.05) is 17.8 Å². The lowest BCUT2D eigenvalue weighted by Gasteiger charge is -2.01. The van der Waals surface area contributed by atoms with Gasteiger partial charge in [0.1, 0.15) is 0 Å². The van der Waals surface area contributed by atoms with E-state index in [0.29, 0.717) is 11.4 Å². The van der Waals surface area contributed by atoms with Crippen molar-refractivity contribution in [3.63, 3.8) is 0 Å². The van der Waals surface area contributed by atoms with Crippen molar-refractivity contribution in [2.24, 2.45) is 0 Å². The van der Waals surface area contributed by atoms with E-state index in [9.17, 15) is 4.79 Å². The largest absolute Gasteiger partial charge is 0.478 e. The molecule has 5 nitrogen and oxygen atoms in total. The third-order valence-electron chi connectivity index (χ3n) is 2.71. The summed E-state index contributed by atoms with van der Waals surface area (Å²) in [5.74, 6) is -0.971. The molecule has 0 aliphatic carbocycles. The Balaban J connectivity index is 2.13. The molecule has 0 radical (unpaired) electrons. The average Bonchev–Trinajstić information content (AvgIpc) is 2.86. The first-order valence-electron chi connectivity index (χ1n) is 5.37. The van der Waals surface area contributed by atoms with Gasteiger partial charge in [-0.1, -0.05) is 0 Å². The van der Waals surface area contributed by atoms with E-state index in [0.717, 1.165) is 10.9 Å². The standard InChI is InChI=1S/C13H9N3O2/c17-13(18)9-2-4-14-10(6-9)11-5-8-1-3-15-12(8)7-16-11/h1-7,15H,(H,17,18). The summed E-state index contributed by atoms with van der Waals surface area (Å²) in [6, 6.07) is 6.78. The number of carboxylic acid groups (broad SMARTS) is 1. The first-order chi connectivity index (χ1) is 8.74. The summed E-state index contributed by atoms with van der Waals surface area (Å²) >= 11 is 0. The van der Waals surface area contributed by atoms with Crippen LogP contribution in [0, 0.1) is 0 Å². The fourth-order valence-corrected chi connectivity index (χ4v) is 1.79. The quantitative estimate of drug-likeness (QED) is 0.719. The Morgan fingerprint density at radius 2 is 2.00 bits per heavy atom. The smallest absolute Gasteiger partial charge is 0.335 e. The molecule has 0 unspecified atom stereocenters. The van der Waals surface area contributed by atoms with Crippen molar-refractivity contribution in [3.8, 4) is 11.4 Å². The molecular formula is C13H9N3O2. The summed E-state index contributed by atoms with van der Waals surface area (Å²) in [5.41, 5.74) is 2.35. The van der Waals surface area contributed by atoms with E-state index in [1.165, 1.54) is 18.3 Å². The zero-order valence-electron chi connectivity index (χ0n) is 9.29. The molecule has 0 bridgehead atoms. The van der Waals surface area contributed by atoms with E-state index >= 15 is 0 Å². The number of aromatic amines is 1. The molecule has 2 N–H and O–H groups in total. The van der Waals surface area contributed by atoms with Gasteiger partial charge in [0.15, 0.2) is 0 Å². The highest BCUT2D eigenvalue weighted by molar-refractivity contribution is 5.89. The van der Waals surface area contributed by atoms with Gasteiger partial charge in [0.05, 0.1) is 28.7 Å². The molecule has 3 aromatic heterocycles. The molecule has 18 heavy (non-hydrogen) atoms. The van der Waals surface area contributed by atoms with Gasteiger partial charge in [0.2, 0.25) is 0 Å². The zero-order valence-corrected chi connectivity index (χ0v) is 9.29. The third-order valence-corrected chi connectivity index (χ3v) is 2.71. The van der Waals surface area contributed by atoms with E-state index in [1.54, 1.807) is 6.20 Å². The molecule has 3 heterocycles. The van der Waals surface area contributed by atoms with E-state index in [4.69, 9.17) is 5.11 Å². The molecular weight excluding hydrogens is 230 g/mol. The number of hydrogen-bond donors (Lipinski definition) is 2. The fourth-order valence-electron chi connectivity index (χ4n) is 1.79. The van der Waals surface area contributed by atoms with Crippen molar-refractivity contribution >= 4 is 16.9 Å². The van der Waals surface area contributed by atoms with Gasteiger partial charge < -0.3 is 10.1 Å². The summed E-state index contributed by atoms with van der Waals surface area (Å²) in [7, 11) is 0. The minimum Gasteiger partial charge on any atom is -0.478 e. The van der Waals surface area contributed by atoms with E-state index in [2.05, 4.69) is 15.0 Å². The van der Waals surface area contributed by atoms with Crippen molar-refractivity contribution in [3.05, 3.63) is 48.4 Å². The van der Waals surface area contributed by atoms with Gasteiger partial charge in [-0.25, -0.2) is 4.79 Å². The summed E-state index contributed by atoms with van der Waals surface area (Å²) < 4.78 is 0. The van der Waals surface area contributed by atoms with Gasteiger partial charge in [-0.3, -0.25) is 9.97 Å². The first kappa shape index (κ1) is 10.5. The highest BCUT2D eigenvalue weighted by Gasteiger charge is 2.07. The lowest BCUT2D eigenvalue weighted by molar-refractivity contribution is 0.0697. The van der Waals surface area contributed by atoms with Crippen LogP contribution in [0.2, 0.25) is 0 Å². The summed E-state index contributed by atoms with van der Waals surface area (Å²) in [6.45, 7) is 0. The highest BCUT2D eigenvalue weighted by atomic mass is 16.4. The van der Waals surface area contributed by atoms with Crippen molar-refractivity contribution in [2.45, 2.75) is 0 Å². The zero-order chi connectivity index (χ0) is 12.5. The second-order valence-electron chi connectivity index (χ2n) is 3.87. The van der Waals surface area contributed by atoms with Crippen molar-refractivity contribution in [2.75, 3.05) is 0 Å². The summed E-state index contributed by atoms with van der Waals surface area (Å²) in [4.78, 5) is 22.4. The molecule has 0 amide bonds. The molecule has 5 heteroatoms. The molecule has 0 fully saturated rings. The molecule has 0 saturated carbocycles. The number of rotatable bonds is 2. The maximum atomic E-state index is 10.9. The minimum atomic E-state index is -0.971. The van der Waals surface area contributed by atoms with Crippen LogP contribution in [0.25, 0.3) is 22.3 Å². The number of aromatic nitrogens is 3. The minimum absolute atomic E-state index is 0.205. The molecule has 0 aliphatic rings. The van der Waals surface area contributed by atoms with Gasteiger partial charge in [-0.15, -0.1) is 0 Å². The average molecular weight is 239 g/mol. The number of nitrogens with zero attached hydrogens (tertiary/aromatic N) is 2. The Hall–Kier alpha value is -2.69. The molecule has 0 spiro atoms. The van der Waals surface area contributed by atoms with Gasteiger partial charge in [0.25, 0.3) is 0 Å². The van der Waals surface area contributed by atoms with Crippen LogP contribution in [-0.4, -0.2) is 26.0 Å². The van der Waals surface area contributed by atoms with Crippen LogP contribution >= 0.6 is 0 Å². The normalized spacial score (nSPS) is 10.7. The Morgan fingerprint density at radius 1 is 1.17 bits per heavy atom. The lowest BCUT2D eigenvalue weighted by Crippen LogP contribution is -1.97. The second kappa shape index (κ2) is 3.96. The van der Waals surface area contributed by atoms with Crippen LogP contribution in [0.3, 0.4) is 0 Å². The number of fused-ring (bicyclic) bond motifs is 1. The second-order valence-corrected chi connectivity index (χ2v) is 3.87. The topological polar surface area (TPSA) is 78.9 Å². The maximum absolute atomic E-state index is 10.9. The number of nitrogens with one attached hydrogen (secondary N) is 1. The van der Waals surface area contributed by atoms with Crippen LogP contribution in [-0.2, 0) is 0 Å². The molecule has 0 aromatic carbocycles. The first-order valence-corrected chi connectivity index (χ1v) is 5.37. The molecule has 0 saturated heterocycles. The Bertz CT molecular complexity index is 734. The van der Waals surface area contributed by atoms with Crippen molar-refractivity contribution in [1.29, 1.82) is 0 Å². The Labute approximate surface area is 102 Å². The lowest BCUT2D eigenvalue weighted by atomic mass is 10.1. The van der Waals surface area contributed by atoms with Gasteiger partial charge >= 0.3 is 5.97 Å². The Morgan fingerprint density at radius 3 is 2.83 bits per heavy atom. The van der Waals surface area contributed by atoms with Crippen LogP contribution in [0.5, 0.6) is 0 Å². The van der Waals surface area contributed by atoms with Crippen molar-refractivity contribution in [1.82, 2.24) is 15.0 Å². The molecule has 3 aromatic rings. The molecule has 88 valence electrons. The van der Waals surface area contributed by atoms with E-state index in [-0.39, 0.29) is 5.56 Å². The number of pyridine rings is 2. The van der Waals surface area contributed by atoms with Crippen LogP contribution in [0.1, 0.15) is 10.4 Å². The predicted molar refractivity (Wildman–Crippen MR) is 66.3 cm³/mol. The van der Waals surface area contributed by atoms with Crippen molar-refractivity contribution < 1.29 is 9.90 Å². The molecule has 3 rings (SSSR count). The number of carboxylic acids is 1. The summed E-state index contributed by atoms with van der Waals surface area (Å²) in [5, 5.41) is 9.96. The van der Waals surface area contributed by atoms with Crippen LogP contribution < -0.4 is 0 Å². The fraction of sp³-hybridized carbons (Fsp3) is 0. The highest BCUT2D eigenvalue weighted by Crippen LogP contribution is 2.20. The maximum Gasteiger partial charge on any atom is 0.335 e.